The van der Waals surface area contributed by atoms with Crippen molar-refractivity contribution in [1.82, 2.24) is 15.0 Å². The molecule has 16 heavy (non-hydrogen) atoms. The number of nitrogens with one attached hydrogen (secondary N) is 1. The van der Waals surface area contributed by atoms with E-state index in [1.54, 1.807) is 30.4 Å². The molecule has 0 bridgehead atoms. The molecular weight excluding hydrogens is 220 g/mol. The number of rotatable bonds is 4. The van der Waals surface area contributed by atoms with Crippen molar-refractivity contribution in [2.75, 3.05) is 12.4 Å². The molecule has 0 aliphatic heterocycles. The van der Waals surface area contributed by atoms with E-state index in [1.165, 1.54) is 5.56 Å². The van der Waals surface area contributed by atoms with Crippen molar-refractivity contribution >= 4 is 17.6 Å². The Labute approximate surface area is 98.6 Å². The van der Waals surface area contributed by atoms with Gasteiger partial charge in [-0.25, -0.2) is 15.0 Å². The maximum absolute atomic E-state index is 4.16. The minimum absolute atomic E-state index is 0.797. The van der Waals surface area contributed by atoms with Crippen molar-refractivity contribution in [3.63, 3.8) is 0 Å². The molecule has 1 N–H and O–H groups in total. The summed E-state index contributed by atoms with van der Waals surface area (Å²) in [4.78, 5) is 12.5. The van der Waals surface area contributed by atoms with Gasteiger partial charge in [-0.2, -0.15) is 0 Å². The monoisotopic (exact) mass is 232 g/mol. The summed E-state index contributed by atoms with van der Waals surface area (Å²) in [5.41, 5.74) is 1.21. The van der Waals surface area contributed by atoms with Crippen LogP contribution in [0.25, 0.3) is 0 Å². The second-order valence-electron chi connectivity index (χ2n) is 3.12. The number of thioether (sulfide) groups is 1. The van der Waals surface area contributed by atoms with Gasteiger partial charge in [0.15, 0.2) is 5.16 Å². The summed E-state index contributed by atoms with van der Waals surface area (Å²) in [6.07, 6.45) is 5.30. The van der Waals surface area contributed by atoms with Crippen LogP contribution in [0.5, 0.6) is 0 Å². The van der Waals surface area contributed by atoms with Gasteiger partial charge in [0, 0.05) is 31.4 Å². The molecule has 0 saturated heterocycles. The highest BCUT2D eigenvalue weighted by atomic mass is 32.2. The fraction of sp³-hybridized carbons (Fsp3) is 0.182. The maximum Gasteiger partial charge on any atom is 0.187 e. The van der Waals surface area contributed by atoms with Crippen molar-refractivity contribution in [1.29, 1.82) is 0 Å². The predicted octanol–water partition coefficient (Wildman–Crippen LogP) is 2.21. The van der Waals surface area contributed by atoms with Crippen molar-refractivity contribution in [2.45, 2.75) is 10.9 Å². The average Bonchev–Trinajstić information content (AvgIpc) is 2.38. The lowest BCUT2D eigenvalue weighted by Crippen LogP contribution is -1.93. The molecule has 0 aromatic carbocycles. The minimum atomic E-state index is 0.797. The van der Waals surface area contributed by atoms with Crippen LogP contribution in [0.4, 0.5) is 5.82 Å². The third-order valence-electron chi connectivity index (χ3n) is 1.99. The number of anilines is 1. The van der Waals surface area contributed by atoms with Crippen LogP contribution in [0.3, 0.4) is 0 Å². The van der Waals surface area contributed by atoms with Crippen molar-refractivity contribution in [2.24, 2.45) is 0 Å². The van der Waals surface area contributed by atoms with E-state index in [4.69, 9.17) is 0 Å². The standard InChI is InChI=1S/C11H12N4S/c1-12-10-7-9(3-6-13-10)8-16-11-14-4-2-5-15-11/h2-7H,8H2,1H3,(H,12,13). The second kappa shape index (κ2) is 5.46. The Kier molecular flexibility index (Phi) is 3.71. The minimum Gasteiger partial charge on any atom is -0.373 e. The lowest BCUT2D eigenvalue weighted by atomic mass is 10.3. The molecule has 0 aliphatic carbocycles. The Bertz CT molecular complexity index is 447. The van der Waals surface area contributed by atoms with Gasteiger partial charge in [-0.05, 0) is 23.8 Å². The molecule has 2 heterocycles. The van der Waals surface area contributed by atoms with E-state index in [2.05, 4.69) is 20.3 Å². The highest BCUT2D eigenvalue weighted by molar-refractivity contribution is 7.98. The van der Waals surface area contributed by atoms with Crippen LogP contribution in [0.1, 0.15) is 5.56 Å². The predicted molar refractivity (Wildman–Crippen MR) is 65.4 cm³/mol. The van der Waals surface area contributed by atoms with Gasteiger partial charge in [-0.15, -0.1) is 0 Å². The topological polar surface area (TPSA) is 50.7 Å². The Balaban J connectivity index is 1.99. The summed E-state index contributed by atoms with van der Waals surface area (Å²) in [7, 11) is 1.86. The van der Waals surface area contributed by atoms with Gasteiger partial charge in [0.1, 0.15) is 5.82 Å². The summed E-state index contributed by atoms with van der Waals surface area (Å²) in [6.45, 7) is 0. The van der Waals surface area contributed by atoms with Gasteiger partial charge in [-0.1, -0.05) is 11.8 Å². The third-order valence-corrected chi connectivity index (χ3v) is 2.94. The molecule has 0 radical (unpaired) electrons. The largest absolute Gasteiger partial charge is 0.373 e. The van der Waals surface area contributed by atoms with Gasteiger partial charge >= 0.3 is 0 Å². The number of hydrogen-bond donors (Lipinski definition) is 1. The molecule has 0 spiro atoms. The van der Waals surface area contributed by atoms with Crippen LogP contribution < -0.4 is 5.32 Å². The molecule has 2 rings (SSSR count). The number of hydrogen-bond acceptors (Lipinski definition) is 5. The summed E-state index contributed by atoms with van der Waals surface area (Å²) < 4.78 is 0. The van der Waals surface area contributed by atoms with E-state index in [9.17, 15) is 0 Å². The first-order valence-corrected chi connectivity index (χ1v) is 5.89. The highest BCUT2D eigenvalue weighted by Gasteiger charge is 1.99. The van der Waals surface area contributed by atoms with Crippen LogP contribution in [-0.4, -0.2) is 22.0 Å². The fourth-order valence-corrected chi connectivity index (χ4v) is 1.95. The smallest absolute Gasteiger partial charge is 0.187 e. The lowest BCUT2D eigenvalue weighted by molar-refractivity contribution is 0.966. The van der Waals surface area contributed by atoms with E-state index < -0.39 is 0 Å². The Morgan fingerprint density at radius 3 is 2.75 bits per heavy atom. The quantitative estimate of drug-likeness (QED) is 0.647. The molecule has 0 unspecified atom stereocenters. The van der Waals surface area contributed by atoms with E-state index in [1.807, 2.05) is 25.2 Å². The lowest BCUT2D eigenvalue weighted by Gasteiger charge is -2.02. The Morgan fingerprint density at radius 1 is 1.19 bits per heavy atom. The van der Waals surface area contributed by atoms with Gasteiger partial charge in [0.25, 0.3) is 0 Å². The molecular formula is C11H12N4S. The first-order valence-electron chi connectivity index (χ1n) is 4.91. The zero-order valence-corrected chi connectivity index (χ0v) is 9.74. The molecule has 4 nitrogen and oxygen atoms in total. The molecule has 82 valence electrons. The molecule has 0 amide bonds. The molecule has 0 saturated carbocycles. The van der Waals surface area contributed by atoms with Gasteiger partial charge in [0.2, 0.25) is 0 Å². The van der Waals surface area contributed by atoms with Crippen LogP contribution in [0.15, 0.2) is 41.9 Å². The number of aromatic nitrogens is 3. The normalized spacial score (nSPS) is 10.1. The third kappa shape index (κ3) is 2.93. The van der Waals surface area contributed by atoms with Crippen LogP contribution >= 0.6 is 11.8 Å². The Hall–Kier alpha value is -1.62. The van der Waals surface area contributed by atoms with Crippen molar-refractivity contribution in [3.8, 4) is 0 Å². The Morgan fingerprint density at radius 2 is 2.00 bits per heavy atom. The summed E-state index contributed by atoms with van der Waals surface area (Å²) in [5.74, 6) is 1.73. The van der Waals surface area contributed by atoms with E-state index in [0.717, 1.165) is 16.7 Å². The molecule has 2 aromatic heterocycles. The molecule has 5 heteroatoms. The van der Waals surface area contributed by atoms with Crippen molar-refractivity contribution in [3.05, 3.63) is 42.4 Å². The SMILES string of the molecule is CNc1cc(CSc2ncccn2)ccn1. The number of nitrogens with zero attached hydrogens (tertiary/aromatic N) is 3. The summed E-state index contributed by atoms with van der Waals surface area (Å²) >= 11 is 1.61. The molecule has 2 aromatic rings. The van der Waals surface area contributed by atoms with E-state index >= 15 is 0 Å². The van der Waals surface area contributed by atoms with Gasteiger partial charge in [-0.3, -0.25) is 0 Å². The number of pyridine rings is 1. The van der Waals surface area contributed by atoms with Crippen LogP contribution in [0, 0.1) is 0 Å². The highest BCUT2D eigenvalue weighted by Crippen LogP contribution is 2.19. The van der Waals surface area contributed by atoms with Gasteiger partial charge < -0.3 is 5.32 Å². The maximum atomic E-state index is 4.16. The average molecular weight is 232 g/mol. The van der Waals surface area contributed by atoms with E-state index in [0.29, 0.717) is 0 Å². The van der Waals surface area contributed by atoms with Crippen LogP contribution in [-0.2, 0) is 5.75 Å². The first kappa shape index (κ1) is 10.9. The fourth-order valence-electron chi connectivity index (χ4n) is 1.21. The zero-order valence-electron chi connectivity index (χ0n) is 8.92. The first-order chi connectivity index (χ1) is 7.88. The zero-order chi connectivity index (χ0) is 11.2. The van der Waals surface area contributed by atoms with Crippen LogP contribution in [0.2, 0.25) is 0 Å². The molecule has 0 atom stereocenters. The molecule has 0 aliphatic rings. The van der Waals surface area contributed by atoms with E-state index in [-0.39, 0.29) is 0 Å². The summed E-state index contributed by atoms with van der Waals surface area (Å²) in [6, 6.07) is 5.84. The summed E-state index contributed by atoms with van der Waals surface area (Å²) in [5, 5.41) is 3.81. The molecule has 0 fully saturated rings. The second-order valence-corrected chi connectivity index (χ2v) is 4.06. The van der Waals surface area contributed by atoms with Crippen molar-refractivity contribution < 1.29 is 0 Å². The van der Waals surface area contributed by atoms with Gasteiger partial charge in [0.05, 0.1) is 0 Å².